The highest BCUT2D eigenvalue weighted by Gasteiger charge is 2.16. The van der Waals surface area contributed by atoms with E-state index in [0.717, 1.165) is 42.3 Å². The minimum Gasteiger partial charge on any atom is -0.338 e. The van der Waals surface area contributed by atoms with Gasteiger partial charge in [0.15, 0.2) is 5.82 Å². The average molecular weight is 339 g/mol. The lowest BCUT2D eigenvalue weighted by atomic mass is 10.2. The Bertz CT molecular complexity index is 822. The van der Waals surface area contributed by atoms with E-state index in [0.29, 0.717) is 12.4 Å². The molecular weight excluding hydrogens is 314 g/mol. The Labute approximate surface area is 148 Å². The molecule has 0 saturated heterocycles. The van der Waals surface area contributed by atoms with Crippen molar-refractivity contribution in [3.63, 3.8) is 0 Å². The lowest BCUT2D eigenvalue weighted by molar-refractivity contribution is 0.259. The van der Waals surface area contributed by atoms with E-state index in [4.69, 9.17) is 9.62 Å². The summed E-state index contributed by atoms with van der Waals surface area (Å²) in [6.45, 7) is 7.70. The van der Waals surface area contributed by atoms with Crippen molar-refractivity contribution in [2.45, 2.75) is 46.7 Å². The molecule has 132 valence electrons. The van der Waals surface area contributed by atoms with E-state index in [2.05, 4.69) is 55.0 Å². The fourth-order valence-corrected chi connectivity index (χ4v) is 2.96. The third kappa shape index (κ3) is 3.96. The fraction of sp³-hybridized carbons (Fsp3) is 0.421. The first-order valence-electron chi connectivity index (χ1n) is 8.69. The standard InChI is InChI=1S/C19H25N5O/c1-5-9-18-20-19(25-22-18)13-23(4)12-17-14(2)21-24(15(17)3)16-10-7-6-8-11-16/h6-8,10-11H,5,9,12-13H2,1-4H3. The van der Waals surface area contributed by atoms with E-state index in [1.54, 1.807) is 0 Å². The van der Waals surface area contributed by atoms with Crippen LogP contribution in [-0.2, 0) is 19.5 Å². The van der Waals surface area contributed by atoms with Crippen molar-refractivity contribution in [1.29, 1.82) is 0 Å². The third-order valence-electron chi connectivity index (χ3n) is 4.26. The number of para-hydroxylation sites is 1. The zero-order valence-electron chi connectivity index (χ0n) is 15.4. The zero-order chi connectivity index (χ0) is 17.8. The Morgan fingerprint density at radius 1 is 1.12 bits per heavy atom. The van der Waals surface area contributed by atoms with E-state index < -0.39 is 0 Å². The van der Waals surface area contributed by atoms with Gasteiger partial charge in [-0.3, -0.25) is 4.90 Å². The summed E-state index contributed by atoms with van der Waals surface area (Å²) in [5, 5.41) is 8.72. The quantitative estimate of drug-likeness (QED) is 0.660. The molecule has 6 heteroatoms. The number of hydrogen-bond donors (Lipinski definition) is 0. The van der Waals surface area contributed by atoms with Crippen LogP contribution in [0.3, 0.4) is 0 Å². The van der Waals surface area contributed by atoms with Gasteiger partial charge in [-0.2, -0.15) is 10.1 Å². The second-order valence-corrected chi connectivity index (χ2v) is 6.42. The molecule has 2 heterocycles. The van der Waals surface area contributed by atoms with Crippen LogP contribution in [0.15, 0.2) is 34.9 Å². The highest BCUT2D eigenvalue weighted by Crippen LogP contribution is 2.19. The first-order valence-corrected chi connectivity index (χ1v) is 8.69. The number of hydrogen-bond acceptors (Lipinski definition) is 5. The summed E-state index contributed by atoms with van der Waals surface area (Å²) >= 11 is 0. The van der Waals surface area contributed by atoms with Crippen LogP contribution >= 0.6 is 0 Å². The molecule has 1 aromatic carbocycles. The molecule has 0 saturated carbocycles. The predicted molar refractivity (Wildman–Crippen MR) is 96.5 cm³/mol. The van der Waals surface area contributed by atoms with Gasteiger partial charge in [0.25, 0.3) is 0 Å². The van der Waals surface area contributed by atoms with Gasteiger partial charge in [-0.25, -0.2) is 4.68 Å². The Morgan fingerprint density at radius 3 is 2.60 bits per heavy atom. The summed E-state index contributed by atoms with van der Waals surface area (Å²) in [5.41, 5.74) is 4.52. The third-order valence-corrected chi connectivity index (χ3v) is 4.26. The van der Waals surface area contributed by atoms with Gasteiger partial charge in [0.05, 0.1) is 17.9 Å². The minimum atomic E-state index is 0.631. The van der Waals surface area contributed by atoms with E-state index in [1.165, 1.54) is 5.56 Å². The van der Waals surface area contributed by atoms with Crippen molar-refractivity contribution in [2.24, 2.45) is 0 Å². The number of benzene rings is 1. The Kier molecular flexibility index (Phi) is 5.28. The van der Waals surface area contributed by atoms with Crippen LogP contribution in [-0.4, -0.2) is 31.9 Å². The van der Waals surface area contributed by atoms with Gasteiger partial charge >= 0.3 is 0 Å². The molecule has 0 aliphatic heterocycles. The summed E-state index contributed by atoms with van der Waals surface area (Å²) in [5.74, 6) is 1.45. The maximum Gasteiger partial charge on any atom is 0.240 e. The molecule has 0 aliphatic carbocycles. The molecule has 0 spiro atoms. The monoisotopic (exact) mass is 339 g/mol. The second kappa shape index (κ2) is 7.61. The minimum absolute atomic E-state index is 0.631. The molecule has 0 atom stereocenters. The molecule has 0 amide bonds. The lowest BCUT2D eigenvalue weighted by Gasteiger charge is -2.14. The van der Waals surface area contributed by atoms with Gasteiger partial charge < -0.3 is 4.52 Å². The van der Waals surface area contributed by atoms with Crippen molar-refractivity contribution < 1.29 is 4.52 Å². The van der Waals surface area contributed by atoms with Gasteiger partial charge in [-0.15, -0.1) is 0 Å². The first-order chi connectivity index (χ1) is 12.1. The number of rotatable bonds is 7. The van der Waals surface area contributed by atoms with Crippen LogP contribution in [0.25, 0.3) is 5.69 Å². The zero-order valence-corrected chi connectivity index (χ0v) is 15.4. The van der Waals surface area contributed by atoms with Gasteiger partial charge in [-0.05, 0) is 39.4 Å². The van der Waals surface area contributed by atoms with Crippen LogP contribution in [0.5, 0.6) is 0 Å². The van der Waals surface area contributed by atoms with Crippen molar-refractivity contribution in [3.05, 3.63) is 59.0 Å². The van der Waals surface area contributed by atoms with E-state index in [9.17, 15) is 0 Å². The predicted octanol–water partition coefficient (Wildman–Crippen LogP) is 3.46. The van der Waals surface area contributed by atoms with Crippen molar-refractivity contribution in [2.75, 3.05) is 7.05 Å². The second-order valence-electron chi connectivity index (χ2n) is 6.42. The smallest absolute Gasteiger partial charge is 0.240 e. The topological polar surface area (TPSA) is 60.0 Å². The van der Waals surface area contributed by atoms with E-state index in [-0.39, 0.29) is 0 Å². The molecule has 0 unspecified atom stereocenters. The summed E-state index contributed by atoms with van der Waals surface area (Å²) in [6.07, 6.45) is 1.88. The average Bonchev–Trinajstić information content (AvgIpc) is 3.15. The van der Waals surface area contributed by atoms with E-state index >= 15 is 0 Å². The molecule has 25 heavy (non-hydrogen) atoms. The van der Waals surface area contributed by atoms with Crippen LogP contribution in [0.1, 0.15) is 42.0 Å². The van der Waals surface area contributed by atoms with Crippen LogP contribution in [0, 0.1) is 13.8 Å². The number of nitrogens with zero attached hydrogens (tertiary/aromatic N) is 5. The fourth-order valence-electron chi connectivity index (χ4n) is 2.96. The van der Waals surface area contributed by atoms with Crippen LogP contribution in [0.2, 0.25) is 0 Å². The molecule has 0 N–H and O–H groups in total. The number of aromatic nitrogens is 4. The maximum absolute atomic E-state index is 5.34. The van der Waals surface area contributed by atoms with Crippen LogP contribution < -0.4 is 0 Å². The summed E-state index contributed by atoms with van der Waals surface area (Å²) in [4.78, 5) is 6.62. The SMILES string of the molecule is CCCc1noc(CN(C)Cc2c(C)nn(-c3ccccc3)c2C)n1. The summed E-state index contributed by atoms with van der Waals surface area (Å²) < 4.78 is 7.34. The molecule has 0 aliphatic rings. The Balaban J connectivity index is 1.72. The highest BCUT2D eigenvalue weighted by molar-refractivity contribution is 5.36. The molecule has 0 bridgehead atoms. The maximum atomic E-state index is 5.34. The number of aryl methyl sites for hydroxylation is 2. The molecule has 6 nitrogen and oxygen atoms in total. The normalized spacial score (nSPS) is 11.4. The van der Waals surface area contributed by atoms with Crippen molar-refractivity contribution >= 4 is 0 Å². The Morgan fingerprint density at radius 2 is 1.88 bits per heavy atom. The highest BCUT2D eigenvalue weighted by atomic mass is 16.5. The van der Waals surface area contributed by atoms with Gasteiger partial charge in [-0.1, -0.05) is 30.3 Å². The van der Waals surface area contributed by atoms with Crippen molar-refractivity contribution in [3.8, 4) is 5.69 Å². The van der Waals surface area contributed by atoms with Gasteiger partial charge in [0.1, 0.15) is 0 Å². The molecule has 2 aromatic heterocycles. The molecular formula is C19H25N5O. The first kappa shape index (κ1) is 17.4. The van der Waals surface area contributed by atoms with Crippen molar-refractivity contribution in [1.82, 2.24) is 24.8 Å². The van der Waals surface area contributed by atoms with Gasteiger partial charge in [0, 0.05) is 24.2 Å². The molecule has 3 aromatic rings. The molecule has 0 fully saturated rings. The Hall–Kier alpha value is -2.47. The summed E-state index contributed by atoms with van der Waals surface area (Å²) in [7, 11) is 2.06. The summed E-state index contributed by atoms with van der Waals surface area (Å²) in [6, 6.07) is 10.2. The molecule has 0 radical (unpaired) electrons. The van der Waals surface area contributed by atoms with Crippen LogP contribution in [0.4, 0.5) is 0 Å². The largest absolute Gasteiger partial charge is 0.338 e. The molecule has 3 rings (SSSR count). The van der Waals surface area contributed by atoms with E-state index in [1.807, 2.05) is 22.9 Å². The van der Waals surface area contributed by atoms with Gasteiger partial charge in [0.2, 0.25) is 5.89 Å². The lowest BCUT2D eigenvalue weighted by Crippen LogP contribution is -2.18.